The Hall–Kier alpha value is -0.450. The van der Waals surface area contributed by atoms with Crippen LogP contribution in [0.25, 0.3) is 0 Å². The second-order valence-electron chi connectivity index (χ2n) is 6.29. The van der Waals surface area contributed by atoms with E-state index in [-0.39, 0.29) is 5.41 Å². The number of hydrogen-bond acceptors (Lipinski definition) is 4. The summed E-state index contributed by atoms with van der Waals surface area (Å²) in [5, 5.41) is 3.39. The van der Waals surface area contributed by atoms with Gasteiger partial charge in [0.25, 0.3) is 0 Å². The Balaban J connectivity index is 2.66. The highest BCUT2D eigenvalue weighted by molar-refractivity contribution is 7.09. The minimum atomic E-state index is 0.144. The first-order chi connectivity index (χ1) is 8.32. The predicted octanol–water partition coefficient (Wildman–Crippen LogP) is 2.86. The second-order valence-corrected chi connectivity index (χ2v) is 7.24. The molecule has 0 bridgehead atoms. The summed E-state index contributed by atoms with van der Waals surface area (Å²) in [5.74, 6) is 0.665. The SMILES string of the molecule is CC(C)CN(CCN)Cc1nc(C(C)(C)C)cs1. The fraction of sp³-hybridized carbons (Fsp3) is 0.786. The lowest BCUT2D eigenvalue weighted by molar-refractivity contribution is 0.242. The Morgan fingerprint density at radius 1 is 1.39 bits per heavy atom. The van der Waals surface area contributed by atoms with Crippen molar-refractivity contribution in [2.24, 2.45) is 11.7 Å². The van der Waals surface area contributed by atoms with Crippen molar-refractivity contribution in [2.75, 3.05) is 19.6 Å². The highest BCUT2D eigenvalue weighted by atomic mass is 32.1. The zero-order valence-electron chi connectivity index (χ0n) is 12.4. The van der Waals surface area contributed by atoms with Crippen molar-refractivity contribution in [1.82, 2.24) is 9.88 Å². The minimum Gasteiger partial charge on any atom is -0.329 e. The van der Waals surface area contributed by atoms with Crippen molar-refractivity contribution in [3.63, 3.8) is 0 Å². The zero-order chi connectivity index (χ0) is 13.8. The number of rotatable bonds is 6. The van der Waals surface area contributed by atoms with Gasteiger partial charge in [-0.3, -0.25) is 4.90 Å². The van der Waals surface area contributed by atoms with Gasteiger partial charge in [-0.05, 0) is 5.92 Å². The van der Waals surface area contributed by atoms with E-state index in [1.807, 2.05) is 0 Å². The van der Waals surface area contributed by atoms with E-state index in [0.717, 1.165) is 19.6 Å². The lowest BCUT2D eigenvalue weighted by atomic mass is 9.93. The van der Waals surface area contributed by atoms with E-state index < -0.39 is 0 Å². The molecule has 18 heavy (non-hydrogen) atoms. The monoisotopic (exact) mass is 269 g/mol. The first-order valence-corrected chi connectivity index (χ1v) is 7.58. The maximum atomic E-state index is 5.67. The number of hydrogen-bond donors (Lipinski definition) is 1. The smallest absolute Gasteiger partial charge is 0.107 e. The molecule has 0 aromatic carbocycles. The highest BCUT2D eigenvalue weighted by Crippen LogP contribution is 2.24. The van der Waals surface area contributed by atoms with E-state index in [2.05, 4.69) is 44.9 Å². The van der Waals surface area contributed by atoms with Crippen molar-refractivity contribution < 1.29 is 0 Å². The van der Waals surface area contributed by atoms with Gasteiger partial charge in [0, 0.05) is 30.4 Å². The van der Waals surface area contributed by atoms with Gasteiger partial charge < -0.3 is 5.73 Å². The van der Waals surface area contributed by atoms with E-state index in [9.17, 15) is 0 Å². The van der Waals surface area contributed by atoms with Crippen LogP contribution >= 0.6 is 11.3 Å². The lowest BCUT2D eigenvalue weighted by Crippen LogP contribution is -2.32. The third kappa shape index (κ3) is 5.04. The van der Waals surface area contributed by atoms with Gasteiger partial charge in [0.05, 0.1) is 12.2 Å². The molecule has 104 valence electrons. The summed E-state index contributed by atoms with van der Waals surface area (Å²) in [4.78, 5) is 7.15. The Labute approximate surface area is 115 Å². The third-order valence-electron chi connectivity index (χ3n) is 2.75. The molecular formula is C14H27N3S. The first kappa shape index (κ1) is 15.6. The van der Waals surface area contributed by atoms with E-state index in [0.29, 0.717) is 12.5 Å². The van der Waals surface area contributed by atoms with Crippen LogP contribution in [0.3, 0.4) is 0 Å². The standard InChI is InChI=1S/C14H27N3S/c1-11(2)8-17(7-6-15)9-13-16-12(10-18-13)14(3,4)5/h10-11H,6-9,15H2,1-5H3. The Morgan fingerprint density at radius 3 is 2.50 bits per heavy atom. The summed E-state index contributed by atoms with van der Waals surface area (Å²) in [5.41, 5.74) is 7.01. The van der Waals surface area contributed by atoms with Gasteiger partial charge >= 0.3 is 0 Å². The molecule has 0 amide bonds. The minimum absolute atomic E-state index is 0.144. The Morgan fingerprint density at radius 2 is 2.06 bits per heavy atom. The number of thiazole rings is 1. The summed E-state index contributed by atoms with van der Waals surface area (Å²) >= 11 is 1.76. The van der Waals surface area contributed by atoms with Crippen LogP contribution in [0.4, 0.5) is 0 Å². The van der Waals surface area contributed by atoms with E-state index >= 15 is 0 Å². The van der Waals surface area contributed by atoms with Gasteiger partial charge in [0.1, 0.15) is 5.01 Å². The average Bonchev–Trinajstić information content (AvgIpc) is 2.64. The first-order valence-electron chi connectivity index (χ1n) is 6.70. The zero-order valence-corrected chi connectivity index (χ0v) is 13.2. The van der Waals surface area contributed by atoms with Gasteiger partial charge in [0.2, 0.25) is 0 Å². The topological polar surface area (TPSA) is 42.1 Å². The molecule has 0 fully saturated rings. The van der Waals surface area contributed by atoms with Crippen LogP contribution in [0.2, 0.25) is 0 Å². The summed E-state index contributed by atoms with van der Waals surface area (Å²) in [6.07, 6.45) is 0. The third-order valence-corrected chi connectivity index (χ3v) is 3.58. The number of nitrogens with zero attached hydrogens (tertiary/aromatic N) is 2. The van der Waals surface area contributed by atoms with E-state index in [4.69, 9.17) is 10.7 Å². The molecule has 0 aliphatic carbocycles. The van der Waals surface area contributed by atoms with Crippen LogP contribution in [0.15, 0.2) is 5.38 Å². The van der Waals surface area contributed by atoms with Gasteiger partial charge in [0.15, 0.2) is 0 Å². The number of nitrogens with two attached hydrogens (primary N) is 1. The van der Waals surface area contributed by atoms with Gasteiger partial charge in [-0.25, -0.2) is 4.98 Å². The molecule has 0 radical (unpaired) electrons. The molecule has 1 rings (SSSR count). The lowest BCUT2D eigenvalue weighted by Gasteiger charge is -2.22. The fourth-order valence-electron chi connectivity index (χ4n) is 1.85. The van der Waals surface area contributed by atoms with Crippen molar-refractivity contribution in [2.45, 2.75) is 46.6 Å². The van der Waals surface area contributed by atoms with E-state index in [1.165, 1.54) is 10.7 Å². The molecule has 1 heterocycles. The van der Waals surface area contributed by atoms with Crippen LogP contribution in [0.1, 0.15) is 45.3 Å². The van der Waals surface area contributed by atoms with Crippen LogP contribution in [0, 0.1) is 5.92 Å². The molecule has 0 saturated heterocycles. The van der Waals surface area contributed by atoms with Gasteiger partial charge in [-0.2, -0.15) is 0 Å². The van der Waals surface area contributed by atoms with Crippen LogP contribution in [-0.2, 0) is 12.0 Å². The maximum absolute atomic E-state index is 5.67. The molecule has 1 aromatic rings. The van der Waals surface area contributed by atoms with Gasteiger partial charge in [-0.1, -0.05) is 34.6 Å². The maximum Gasteiger partial charge on any atom is 0.107 e. The van der Waals surface area contributed by atoms with Gasteiger partial charge in [-0.15, -0.1) is 11.3 Å². The summed E-state index contributed by atoms with van der Waals surface area (Å²) in [6, 6.07) is 0. The summed E-state index contributed by atoms with van der Waals surface area (Å²) < 4.78 is 0. The summed E-state index contributed by atoms with van der Waals surface area (Å²) in [7, 11) is 0. The van der Waals surface area contributed by atoms with Crippen LogP contribution in [-0.4, -0.2) is 29.5 Å². The number of aromatic nitrogens is 1. The normalized spacial score (nSPS) is 12.7. The highest BCUT2D eigenvalue weighted by Gasteiger charge is 2.18. The molecule has 0 aliphatic heterocycles. The molecular weight excluding hydrogens is 242 g/mol. The molecule has 2 N–H and O–H groups in total. The molecule has 0 spiro atoms. The molecule has 1 aromatic heterocycles. The summed E-state index contributed by atoms with van der Waals surface area (Å²) in [6.45, 7) is 14.8. The predicted molar refractivity (Wildman–Crippen MR) is 80.0 cm³/mol. The molecule has 0 atom stereocenters. The Bertz CT molecular complexity index is 352. The molecule has 0 aliphatic rings. The fourth-order valence-corrected chi connectivity index (χ4v) is 2.92. The van der Waals surface area contributed by atoms with Crippen molar-refractivity contribution in [3.8, 4) is 0 Å². The average molecular weight is 269 g/mol. The van der Waals surface area contributed by atoms with Crippen LogP contribution < -0.4 is 5.73 Å². The largest absolute Gasteiger partial charge is 0.329 e. The van der Waals surface area contributed by atoms with Crippen molar-refractivity contribution in [3.05, 3.63) is 16.1 Å². The quantitative estimate of drug-likeness (QED) is 0.863. The second kappa shape index (κ2) is 6.64. The molecule has 0 saturated carbocycles. The molecule has 4 heteroatoms. The Kier molecular flexibility index (Phi) is 5.76. The van der Waals surface area contributed by atoms with Crippen molar-refractivity contribution in [1.29, 1.82) is 0 Å². The van der Waals surface area contributed by atoms with E-state index in [1.54, 1.807) is 11.3 Å². The van der Waals surface area contributed by atoms with Crippen LogP contribution in [0.5, 0.6) is 0 Å². The molecule has 3 nitrogen and oxygen atoms in total. The van der Waals surface area contributed by atoms with Crippen molar-refractivity contribution >= 4 is 11.3 Å². The molecule has 0 unspecified atom stereocenters.